The average Bonchev–Trinajstić information content (AvgIpc) is 2.72. The van der Waals surface area contributed by atoms with Crippen molar-refractivity contribution in [3.63, 3.8) is 0 Å². The van der Waals surface area contributed by atoms with Crippen molar-refractivity contribution >= 4 is 23.6 Å². The van der Waals surface area contributed by atoms with Crippen molar-refractivity contribution in [3.8, 4) is 0 Å². The molecule has 0 aliphatic carbocycles. The van der Waals surface area contributed by atoms with Gasteiger partial charge in [-0.1, -0.05) is 30.3 Å². The van der Waals surface area contributed by atoms with E-state index in [1.54, 1.807) is 17.0 Å². The first kappa shape index (κ1) is 20.4. The van der Waals surface area contributed by atoms with Crippen molar-refractivity contribution in [1.82, 2.24) is 10.2 Å². The van der Waals surface area contributed by atoms with E-state index in [1.807, 2.05) is 37.3 Å². The van der Waals surface area contributed by atoms with Crippen molar-refractivity contribution < 1.29 is 14.0 Å². The maximum absolute atomic E-state index is 13.0. The van der Waals surface area contributed by atoms with Gasteiger partial charge in [0.1, 0.15) is 5.82 Å². The van der Waals surface area contributed by atoms with Crippen LogP contribution in [0, 0.1) is 11.2 Å². The van der Waals surface area contributed by atoms with E-state index < -0.39 is 5.41 Å². The summed E-state index contributed by atoms with van der Waals surface area (Å²) in [6, 6.07) is 15.9. The number of likely N-dealkylation sites (tertiary alicyclic amines) is 1. The highest BCUT2D eigenvalue weighted by molar-refractivity contribution is 8.00. The standard InChI is InChI=1S/C22H25FN2O2S/c1-22(21(27)24-14-17-8-10-18(23)11-9-17)12-5-13-25(16-22)20(26)15-28-19-6-3-2-4-7-19/h2-4,6-11H,5,12-16H2,1H3,(H,24,27). The van der Waals surface area contributed by atoms with Gasteiger partial charge in [0.05, 0.1) is 11.2 Å². The lowest BCUT2D eigenvalue weighted by Crippen LogP contribution is -2.52. The molecular weight excluding hydrogens is 375 g/mol. The molecule has 1 atom stereocenters. The Kier molecular flexibility index (Phi) is 6.73. The molecule has 4 nitrogen and oxygen atoms in total. The van der Waals surface area contributed by atoms with E-state index >= 15 is 0 Å². The molecule has 1 N–H and O–H groups in total. The fraction of sp³-hybridized carbons (Fsp3) is 0.364. The summed E-state index contributed by atoms with van der Waals surface area (Å²) in [6.45, 7) is 3.38. The first-order chi connectivity index (χ1) is 13.5. The Balaban J connectivity index is 1.53. The van der Waals surface area contributed by atoms with E-state index in [9.17, 15) is 14.0 Å². The summed E-state index contributed by atoms with van der Waals surface area (Å²) >= 11 is 1.52. The molecule has 2 amide bonds. The zero-order valence-corrected chi connectivity index (χ0v) is 16.8. The molecule has 148 valence electrons. The molecular formula is C22H25FN2O2S. The second kappa shape index (κ2) is 9.24. The molecule has 6 heteroatoms. The Morgan fingerprint density at radius 1 is 1.14 bits per heavy atom. The van der Waals surface area contributed by atoms with Crippen LogP contribution in [-0.4, -0.2) is 35.6 Å². The molecule has 3 rings (SSSR count). The molecule has 1 heterocycles. The smallest absolute Gasteiger partial charge is 0.232 e. The molecule has 28 heavy (non-hydrogen) atoms. The fourth-order valence-electron chi connectivity index (χ4n) is 3.39. The highest BCUT2D eigenvalue weighted by Crippen LogP contribution is 2.30. The van der Waals surface area contributed by atoms with Crippen molar-refractivity contribution in [2.24, 2.45) is 5.41 Å². The molecule has 1 unspecified atom stereocenters. The van der Waals surface area contributed by atoms with Crippen LogP contribution in [-0.2, 0) is 16.1 Å². The van der Waals surface area contributed by atoms with Crippen LogP contribution in [0.2, 0.25) is 0 Å². The number of hydrogen-bond acceptors (Lipinski definition) is 3. The molecule has 2 aromatic rings. The third-order valence-corrected chi connectivity index (χ3v) is 6.07. The van der Waals surface area contributed by atoms with E-state index in [4.69, 9.17) is 0 Å². The molecule has 1 fully saturated rings. The number of nitrogens with zero attached hydrogens (tertiary/aromatic N) is 1. The quantitative estimate of drug-likeness (QED) is 0.749. The number of amides is 2. The highest BCUT2D eigenvalue weighted by Gasteiger charge is 2.39. The van der Waals surface area contributed by atoms with E-state index in [0.29, 0.717) is 25.4 Å². The molecule has 0 spiro atoms. The molecule has 0 saturated carbocycles. The SMILES string of the molecule is CC1(C(=O)NCc2ccc(F)cc2)CCCN(C(=O)CSc2ccccc2)C1. The minimum Gasteiger partial charge on any atom is -0.351 e. The minimum absolute atomic E-state index is 0.0612. The second-order valence-electron chi connectivity index (χ2n) is 7.39. The molecule has 1 saturated heterocycles. The van der Waals surface area contributed by atoms with E-state index in [1.165, 1.54) is 23.9 Å². The number of piperidine rings is 1. The van der Waals surface area contributed by atoms with Gasteiger partial charge in [-0.2, -0.15) is 0 Å². The molecule has 0 bridgehead atoms. The van der Waals surface area contributed by atoms with Gasteiger partial charge in [0.25, 0.3) is 0 Å². The summed E-state index contributed by atoms with van der Waals surface area (Å²) in [5, 5.41) is 2.94. The highest BCUT2D eigenvalue weighted by atomic mass is 32.2. The van der Waals surface area contributed by atoms with Crippen molar-refractivity contribution in [1.29, 1.82) is 0 Å². The van der Waals surface area contributed by atoms with E-state index in [0.717, 1.165) is 23.3 Å². The Morgan fingerprint density at radius 2 is 1.86 bits per heavy atom. The molecule has 2 aromatic carbocycles. The maximum atomic E-state index is 13.0. The molecule has 0 aromatic heterocycles. The van der Waals surface area contributed by atoms with Gasteiger partial charge >= 0.3 is 0 Å². The molecule has 1 aliphatic heterocycles. The lowest BCUT2D eigenvalue weighted by atomic mass is 9.81. The third-order valence-electron chi connectivity index (χ3n) is 5.07. The van der Waals surface area contributed by atoms with Crippen molar-refractivity contribution in [2.45, 2.75) is 31.2 Å². The predicted octanol–water partition coefficient (Wildman–Crippen LogP) is 3.86. The third kappa shape index (κ3) is 5.35. The van der Waals surface area contributed by atoms with Gasteiger partial charge in [-0.05, 0) is 49.6 Å². The number of benzene rings is 2. The number of carbonyl (C=O) groups is 2. The summed E-state index contributed by atoms with van der Waals surface area (Å²) < 4.78 is 13.0. The van der Waals surface area contributed by atoms with Crippen LogP contribution >= 0.6 is 11.8 Å². The Labute approximate surface area is 169 Å². The summed E-state index contributed by atoms with van der Waals surface area (Å²) in [7, 11) is 0. The van der Waals surface area contributed by atoms with Crippen molar-refractivity contribution in [3.05, 3.63) is 66.0 Å². The van der Waals surface area contributed by atoms with Crippen molar-refractivity contribution in [2.75, 3.05) is 18.8 Å². The summed E-state index contributed by atoms with van der Waals surface area (Å²) in [5.74, 6) is 0.0742. The van der Waals surface area contributed by atoms with Gasteiger partial charge in [0.15, 0.2) is 0 Å². The zero-order valence-electron chi connectivity index (χ0n) is 16.0. The van der Waals surface area contributed by atoms with Gasteiger partial charge in [-0.15, -0.1) is 11.8 Å². The van der Waals surface area contributed by atoms with Gasteiger partial charge < -0.3 is 10.2 Å². The normalized spacial score (nSPS) is 19.3. The van der Waals surface area contributed by atoms with Crippen LogP contribution in [0.1, 0.15) is 25.3 Å². The topological polar surface area (TPSA) is 49.4 Å². The number of halogens is 1. The van der Waals surface area contributed by atoms with Gasteiger partial charge in [-0.3, -0.25) is 9.59 Å². The maximum Gasteiger partial charge on any atom is 0.232 e. The summed E-state index contributed by atoms with van der Waals surface area (Å²) in [5.41, 5.74) is 0.243. The van der Waals surface area contributed by atoms with Crippen LogP contribution in [0.5, 0.6) is 0 Å². The summed E-state index contributed by atoms with van der Waals surface area (Å²) in [6.07, 6.45) is 1.56. The minimum atomic E-state index is -0.606. The Bertz CT molecular complexity index is 813. The fourth-order valence-corrected chi connectivity index (χ4v) is 4.21. The van der Waals surface area contributed by atoms with Crippen LogP contribution in [0.4, 0.5) is 4.39 Å². The van der Waals surface area contributed by atoms with Crippen LogP contribution < -0.4 is 5.32 Å². The van der Waals surface area contributed by atoms with Gasteiger partial charge in [0, 0.05) is 24.5 Å². The monoisotopic (exact) mass is 400 g/mol. The predicted molar refractivity (Wildman–Crippen MR) is 109 cm³/mol. The average molecular weight is 401 g/mol. The first-order valence-electron chi connectivity index (χ1n) is 9.45. The Hall–Kier alpha value is -2.34. The summed E-state index contributed by atoms with van der Waals surface area (Å²) in [4.78, 5) is 28.3. The number of rotatable bonds is 6. The van der Waals surface area contributed by atoms with E-state index in [2.05, 4.69) is 5.32 Å². The second-order valence-corrected chi connectivity index (χ2v) is 8.44. The number of nitrogens with one attached hydrogen (secondary N) is 1. The number of thioether (sulfide) groups is 1. The zero-order chi connectivity index (χ0) is 20.0. The van der Waals surface area contributed by atoms with Gasteiger partial charge in [0.2, 0.25) is 11.8 Å². The molecule has 1 aliphatic rings. The first-order valence-corrected chi connectivity index (χ1v) is 10.4. The Morgan fingerprint density at radius 3 is 2.57 bits per heavy atom. The van der Waals surface area contributed by atoms with Crippen LogP contribution in [0.15, 0.2) is 59.5 Å². The van der Waals surface area contributed by atoms with Crippen LogP contribution in [0.3, 0.4) is 0 Å². The number of hydrogen-bond donors (Lipinski definition) is 1. The van der Waals surface area contributed by atoms with Crippen LogP contribution in [0.25, 0.3) is 0 Å². The van der Waals surface area contributed by atoms with E-state index in [-0.39, 0.29) is 17.6 Å². The van der Waals surface area contributed by atoms with Gasteiger partial charge in [-0.25, -0.2) is 4.39 Å². The molecule has 0 radical (unpaired) electrons. The largest absolute Gasteiger partial charge is 0.351 e. The lowest BCUT2D eigenvalue weighted by molar-refractivity contribution is -0.139. The lowest BCUT2D eigenvalue weighted by Gasteiger charge is -2.39. The number of carbonyl (C=O) groups excluding carboxylic acids is 2.